The zero-order valence-electron chi connectivity index (χ0n) is 15.3. The third-order valence-corrected chi connectivity index (χ3v) is 6.24. The number of hydrogen-bond donors (Lipinski definition) is 1. The number of amides is 2. The molecule has 2 aliphatic carbocycles. The van der Waals surface area contributed by atoms with Crippen LogP contribution in [0, 0.1) is 17.8 Å². The van der Waals surface area contributed by atoms with Crippen LogP contribution >= 0.6 is 0 Å². The Morgan fingerprint density at radius 2 is 1.93 bits per heavy atom. The molecule has 0 spiro atoms. The second-order valence-corrected chi connectivity index (χ2v) is 8.11. The van der Waals surface area contributed by atoms with Crippen molar-refractivity contribution in [2.75, 3.05) is 13.1 Å². The molecule has 1 saturated heterocycles. The van der Waals surface area contributed by atoms with Crippen LogP contribution in [-0.2, 0) is 4.79 Å². The lowest BCUT2D eigenvalue weighted by Crippen LogP contribution is -2.42. The molecular formula is C19H24N6O2. The second kappa shape index (κ2) is 6.58. The zero-order chi connectivity index (χ0) is 18.4. The smallest absolute Gasteiger partial charge is 0.291 e. The molecule has 5 rings (SSSR count). The summed E-state index contributed by atoms with van der Waals surface area (Å²) >= 11 is 0. The van der Waals surface area contributed by atoms with Gasteiger partial charge in [0.25, 0.3) is 11.7 Å². The average Bonchev–Trinajstić information content (AvgIpc) is 3.11. The molecular weight excluding hydrogens is 344 g/mol. The number of nitrogens with one attached hydrogen (secondary N) is 1. The van der Waals surface area contributed by atoms with Crippen LogP contribution in [0.25, 0.3) is 5.78 Å². The van der Waals surface area contributed by atoms with E-state index in [1.807, 2.05) is 4.90 Å². The molecule has 8 heteroatoms. The predicted octanol–water partition coefficient (Wildman–Crippen LogP) is 1.28. The Bertz CT molecular complexity index is 837. The molecule has 2 aromatic rings. The standard InChI is InChI=1S/C19H24N6O2/c26-17(16-22-19-20-8-3-9-25(19)23-16)21-15-11-24(10-14(15)12-6-7-12)18(27)13-4-1-2-5-13/h3,8-9,12-15H,1-2,4-7,10-11H2,(H,21,26)/t14-,15+/m0/s1. The molecule has 3 heterocycles. The highest BCUT2D eigenvalue weighted by molar-refractivity contribution is 5.91. The predicted molar refractivity (Wildman–Crippen MR) is 96.8 cm³/mol. The van der Waals surface area contributed by atoms with Crippen LogP contribution < -0.4 is 5.32 Å². The second-order valence-electron chi connectivity index (χ2n) is 8.11. The normalized spacial score (nSPS) is 26.0. The number of hydrogen-bond acceptors (Lipinski definition) is 5. The number of fused-ring (bicyclic) bond motifs is 1. The van der Waals surface area contributed by atoms with Gasteiger partial charge in [-0.05, 0) is 37.7 Å². The Morgan fingerprint density at radius 3 is 2.67 bits per heavy atom. The SMILES string of the molecule is O=C(N[C@@H]1CN(C(=O)C2CCCC2)C[C@H]1C1CC1)c1nc2ncccn2n1. The third-order valence-electron chi connectivity index (χ3n) is 6.24. The molecule has 0 radical (unpaired) electrons. The van der Waals surface area contributed by atoms with E-state index in [-0.39, 0.29) is 29.6 Å². The third kappa shape index (κ3) is 3.17. The van der Waals surface area contributed by atoms with Crippen LogP contribution in [0.15, 0.2) is 18.5 Å². The van der Waals surface area contributed by atoms with Crippen molar-refractivity contribution in [3.8, 4) is 0 Å². The number of aromatic nitrogens is 4. The Balaban J connectivity index is 1.30. The molecule has 2 saturated carbocycles. The number of carbonyl (C=O) groups is 2. The van der Waals surface area contributed by atoms with Crippen LogP contribution in [0.1, 0.15) is 49.1 Å². The van der Waals surface area contributed by atoms with Gasteiger partial charge in [-0.15, -0.1) is 5.10 Å². The Hall–Kier alpha value is -2.51. The molecule has 3 fully saturated rings. The van der Waals surface area contributed by atoms with Gasteiger partial charge in [0, 0.05) is 37.3 Å². The van der Waals surface area contributed by atoms with Gasteiger partial charge in [0.05, 0.1) is 6.04 Å². The fraction of sp³-hybridized carbons (Fsp3) is 0.632. The molecule has 1 aliphatic heterocycles. The van der Waals surface area contributed by atoms with Gasteiger partial charge in [-0.1, -0.05) is 12.8 Å². The summed E-state index contributed by atoms with van der Waals surface area (Å²) in [5.74, 6) is 1.68. The van der Waals surface area contributed by atoms with Crippen LogP contribution in [0.2, 0.25) is 0 Å². The first-order valence-corrected chi connectivity index (χ1v) is 9.96. The highest BCUT2D eigenvalue weighted by atomic mass is 16.2. The Morgan fingerprint density at radius 1 is 1.11 bits per heavy atom. The van der Waals surface area contributed by atoms with Crippen molar-refractivity contribution in [3.05, 3.63) is 24.3 Å². The highest BCUT2D eigenvalue weighted by Gasteiger charge is 2.45. The summed E-state index contributed by atoms with van der Waals surface area (Å²) in [7, 11) is 0. The van der Waals surface area contributed by atoms with Crippen molar-refractivity contribution in [3.63, 3.8) is 0 Å². The molecule has 2 atom stereocenters. The fourth-order valence-electron chi connectivity index (χ4n) is 4.66. The molecule has 2 amide bonds. The maximum absolute atomic E-state index is 12.8. The van der Waals surface area contributed by atoms with Crippen LogP contribution in [0.5, 0.6) is 0 Å². The van der Waals surface area contributed by atoms with E-state index in [9.17, 15) is 9.59 Å². The van der Waals surface area contributed by atoms with Gasteiger partial charge in [0.2, 0.25) is 11.7 Å². The van der Waals surface area contributed by atoms with E-state index in [1.165, 1.54) is 17.4 Å². The van der Waals surface area contributed by atoms with E-state index in [1.54, 1.807) is 18.5 Å². The number of carbonyl (C=O) groups excluding carboxylic acids is 2. The van der Waals surface area contributed by atoms with Crippen LogP contribution in [0.3, 0.4) is 0 Å². The van der Waals surface area contributed by atoms with Crippen molar-refractivity contribution < 1.29 is 9.59 Å². The van der Waals surface area contributed by atoms with E-state index in [2.05, 4.69) is 20.4 Å². The molecule has 0 aromatic carbocycles. The molecule has 3 aliphatic rings. The quantitative estimate of drug-likeness (QED) is 0.878. The first kappa shape index (κ1) is 16.6. The summed E-state index contributed by atoms with van der Waals surface area (Å²) in [5, 5.41) is 7.31. The van der Waals surface area contributed by atoms with E-state index in [4.69, 9.17) is 0 Å². The molecule has 0 bridgehead atoms. The van der Waals surface area contributed by atoms with Crippen LogP contribution in [0.4, 0.5) is 0 Å². The molecule has 1 N–H and O–H groups in total. The molecule has 2 aromatic heterocycles. The summed E-state index contributed by atoms with van der Waals surface area (Å²) in [6.07, 6.45) is 10.1. The van der Waals surface area contributed by atoms with Gasteiger partial charge >= 0.3 is 0 Å². The maximum Gasteiger partial charge on any atom is 0.291 e. The van der Waals surface area contributed by atoms with E-state index < -0.39 is 0 Å². The Kier molecular flexibility index (Phi) is 4.06. The van der Waals surface area contributed by atoms with Crippen LogP contribution in [-0.4, -0.2) is 55.4 Å². The lowest BCUT2D eigenvalue weighted by atomic mass is 9.98. The van der Waals surface area contributed by atoms with E-state index in [0.717, 1.165) is 32.2 Å². The molecule has 142 valence electrons. The molecule has 27 heavy (non-hydrogen) atoms. The van der Waals surface area contributed by atoms with Gasteiger partial charge < -0.3 is 10.2 Å². The summed E-state index contributed by atoms with van der Waals surface area (Å²) < 4.78 is 1.50. The summed E-state index contributed by atoms with van der Waals surface area (Å²) in [5.41, 5.74) is 0. The van der Waals surface area contributed by atoms with Gasteiger partial charge in [-0.25, -0.2) is 9.50 Å². The molecule has 0 unspecified atom stereocenters. The van der Waals surface area contributed by atoms with Crippen molar-refractivity contribution in [2.24, 2.45) is 17.8 Å². The summed E-state index contributed by atoms with van der Waals surface area (Å²) in [6, 6.07) is 1.73. The average molecular weight is 368 g/mol. The number of nitrogens with zero attached hydrogens (tertiary/aromatic N) is 5. The van der Waals surface area contributed by atoms with Gasteiger partial charge in [0.1, 0.15) is 0 Å². The summed E-state index contributed by atoms with van der Waals surface area (Å²) in [4.78, 5) is 35.8. The first-order valence-electron chi connectivity index (χ1n) is 9.96. The fourth-order valence-corrected chi connectivity index (χ4v) is 4.66. The van der Waals surface area contributed by atoms with E-state index >= 15 is 0 Å². The lowest BCUT2D eigenvalue weighted by Gasteiger charge is -2.20. The van der Waals surface area contributed by atoms with Crippen molar-refractivity contribution in [1.29, 1.82) is 0 Å². The van der Waals surface area contributed by atoms with Gasteiger partial charge in [-0.2, -0.15) is 4.98 Å². The first-order chi connectivity index (χ1) is 13.2. The van der Waals surface area contributed by atoms with Crippen molar-refractivity contribution in [1.82, 2.24) is 29.8 Å². The number of likely N-dealkylation sites (tertiary alicyclic amines) is 1. The molecule has 8 nitrogen and oxygen atoms in total. The largest absolute Gasteiger partial charge is 0.344 e. The van der Waals surface area contributed by atoms with Gasteiger partial charge in [-0.3, -0.25) is 9.59 Å². The van der Waals surface area contributed by atoms with Gasteiger partial charge in [0.15, 0.2) is 0 Å². The zero-order valence-corrected chi connectivity index (χ0v) is 15.3. The minimum atomic E-state index is -0.286. The van der Waals surface area contributed by atoms with Crippen molar-refractivity contribution in [2.45, 2.75) is 44.6 Å². The minimum Gasteiger partial charge on any atom is -0.344 e. The minimum absolute atomic E-state index is 0.0186. The summed E-state index contributed by atoms with van der Waals surface area (Å²) in [6.45, 7) is 1.37. The van der Waals surface area contributed by atoms with Crippen molar-refractivity contribution >= 4 is 17.6 Å². The lowest BCUT2D eigenvalue weighted by molar-refractivity contribution is -0.134. The van der Waals surface area contributed by atoms with E-state index in [0.29, 0.717) is 24.2 Å². The highest BCUT2D eigenvalue weighted by Crippen LogP contribution is 2.42. The maximum atomic E-state index is 12.8. The number of rotatable bonds is 4. The Labute approximate surface area is 157 Å². The topological polar surface area (TPSA) is 92.5 Å². The monoisotopic (exact) mass is 368 g/mol.